The van der Waals surface area contributed by atoms with E-state index in [4.69, 9.17) is 0 Å². The van der Waals surface area contributed by atoms with Gasteiger partial charge in [0.25, 0.3) is 0 Å². The molecule has 1 unspecified atom stereocenters. The van der Waals surface area contributed by atoms with E-state index < -0.39 is 11.7 Å². The molecule has 2 aromatic rings. The Bertz CT molecular complexity index is 872. The van der Waals surface area contributed by atoms with Crippen molar-refractivity contribution < 1.29 is 25.0 Å². The van der Waals surface area contributed by atoms with Gasteiger partial charge in [-0.2, -0.15) is 0 Å². The number of hydroxylamine groups is 2. The number of ketones is 1. The minimum Gasteiger partial charge on any atom is -0.507 e. The molecule has 0 saturated carbocycles. The first-order valence-corrected chi connectivity index (χ1v) is 7.97. The summed E-state index contributed by atoms with van der Waals surface area (Å²) in [6, 6.07) is 8.36. The zero-order chi connectivity index (χ0) is 18.3. The lowest BCUT2D eigenvalue weighted by molar-refractivity contribution is -0.159. The normalized spacial score (nSPS) is 13.8. The number of carbonyl (C=O) groups is 2. The highest BCUT2D eigenvalue weighted by Gasteiger charge is 2.30. The second-order valence-electron chi connectivity index (χ2n) is 6.38. The number of amides is 1. The predicted octanol–water partition coefficient (Wildman–Crippen LogP) is 2.57. The molecule has 6 nitrogen and oxygen atoms in total. The van der Waals surface area contributed by atoms with E-state index in [1.54, 1.807) is 31.2 Å². The Hall–Kier alpha value is -2.86. The molecular formula is C19H19NO5. The molecular weight excluding hydrogens is 322 g/mol. The summed E-state index contributed by atoms with van der Waals surface area (Å²) in [6.45, 7) is 1.74. The first-order valence-electron chi connectivity index (χ1n) is 7.97. The second-order valence-corrected chi connectivity index (χ2v) is 6.38. The number of benzene rings is 2. The van der Waals surface area contributed by atoms with Crippen molar-refractivity contribution in [1.82, 2.24) is 5.06 Å². The minimum atomic E-state index is -0.487. The highest BCUT2D eigenvalue weighted by Crippen LogP contribution is 2.40. The maximum atomic E-state index is 12.8. The van der Waals surface area contributed by atoms with Gasteiger partial charge < -0.3 is 10.2 Å². The van der Waals surface area contributed by atoms with Crippen molar-refractivity contribution in [2.75, 3.05) is 7.05 Å². The van der Waals surface area contributed by atoms with Gasteiger partial charge in [-0.3, -0.25) is 14.8 Å². The van der Waals surface area contributed by atoms with E-state index in [0.29, 0.717) is 22.6 Å². The van der Waals surface area contributed by atoms with Gasteiger partial charge in [0.15, 0.2) is 0 Å². The molecule has 0 aromatic heterocycles. The smallest absolute Gasteiger partial charge is 0.246 e. The van der Waals surface area contributed by atoms with Gasteiger partial charge >= 0.3 is 0 Å². The Morgan fingerprint density at radius 3 is 2.52 bits per heavy atom. The van der Waals surface area contributed by atoms with Crippen LogP contribution < -0.4 is 0 Å². The molecule has 0 fully saturated rings. The van der Waals surface area contributed by atoms with Crippen LogP contribution in [0.3, 0.4) is 0 Å². The zero-order valence-electron chi connectivity index (χ0n) is 14.0. The molecule has 3 rings (SSSR count). The van der Waals surface area contributed by atoms with Crippen molar-refractivity contribution in [2.24, 2.45) is 0 Å². The van der Waals surface area contributed by atoms with Gasteiger partial charge in [-0.15, -0.1) is 0 Å². The van der Waals surface area contributed by atoms with E-state index in [-0.39, 0.29) is 35.0 Å². The van der Waals surface area contributed by atoms with Gasteiger partial charge in [0, 0.05) is 13.5 Å². The number of aromatic hydroxyl groups is 2. The number of fused-ring (bicyclic) bond motifs is 2. The Labute approximate surface area is 144 Å². The van der Waals surface area contributed by atoms with E-state index in [0.717, 1.165) is 5.56 Å². The summed E-state index contributed by atoms with van der Waals surface area (Å²) in [7, 11) is 1.24. The molecule has 0 saturated heterocycles. The summed E-state index contributed by atoms with van der Waals surface area (Å²) in [5, 5.41) is 30.4. The lowest BCUT2D eigenvalue weighted by atomic mass is 9.81. The molecule has 25 heavy (non-hydrogen) atoms. The predicted molar refractivity (Wildman–Crippen MR) is 90.0 cm³/mol. The number of phenolic OH excluding ortho intramolecular Hbond substituents is 2. The van der Waals surface area contributed by atoms with Gasteiger partial charge in [-0.05, 0) is 35.1 Å². The van der Waals surface area contributed by atoms with Crippen molar-refractivity contribution in [2.45, 2.75) is 25.7 Å². The van der Waals surface area contributed by atoms with Gasteiger partial charge in [0.05, 0.1) is 11.1 Å². The molecule has 0 spiro atoms. The van der Waals surface area contributed by atoms with Crippen LogP contribution in [0.25, 0.3) is 0 Å². The maximum Gasteiger partial charge on any atom is 0.246 e. The van der Waals surface area contributed by atoms with Gasteiger partial charge in [-0.1, -0.05) is 31.2 Å². The van der Waals surface area contributed by atoms with E-state index in [1.807, 2.05) is 0 Å². The van der Waals surface area contributed by atoms with E-state index in [2.05, 4.69) is 0 Å². The summed E-state index contributed by atoms with van der Waals surface area (Å²) in [4.78, 5) is 24.5. The van der Waals surface area contributed by atoms with Crippen LogP contribution in [0.1, 0.15) is 51.9 Å². The van der Waals surface area contributed by atoms with Crippen LogP contribution in [0, 0.1) is 0 Å². The Morgan fingerprint density at radius 2 is 1.84 bits per heavy atom. The van der Waals surface area contributed by atoms with Gasteiger partial charge in [0.2, 0.25) is 11.7 Å². The number of hydrogen-bond acceptors (Lipinski definition) is 5. The Balaban J connectivity index is 2.03. The molecule has 3 N–H and O–H groups in total. The minimum absolute atomic E-state index is 0.00459. The molecule has 1 aliphatic carbocycles. The van der Waals surface area contributed by atoms with Crippen LogP contribution >= 0.6 is 0 Å². The van der Waals surface area contributed by atoms with Crippen LogP contribution in [0.5, 0.6) is 11.5 Å². The molecule has 130 valence electrons. The van der Waals surface area contributed by atoms with Crippen LogP contribution in [0.15, 0.2) is 30.3 Å². The molecule has 0 aliphatic heterocycles. The molecule has 0 radical (unpaired) electrons. The third-order valence-corrected chi connectivity index (χ3v) is 4.63. The first-order chi connectivity index (χ1) is 11.8. The average Bonchev–Trinajstić information content (AvgIpc) is 2.54. The average molecular weight is 341 g/mol. The van der Waals surface area contributed by atoms with E-state index in [1.165, 1.54) is 13.1 Å². The van der Waals surface area contributed by atoms with Crippen molar-refractivity contribution >= 4 is 11.7 Å². The lowest BCUT2D eigenvalue weighted by Gasteiger charge is -2.23. The fourth-order valence-corrected chi connectivity index (χ4v) is 3.28. The fourth-order valence-electron chi connectivity index (χ4n) is 3.28. The van der Waals surface area contributed by atoms with Crippen molar-refractivity contribution in [3.05, 3.63) is 58.1 Å². The number of phenols is 2. The third-order valence-electron chi connectivity index (χ3n) is 4.63. The zero-order valence-corrected chi connectivity index (χ0v) is 14.0. The second kappa shape index (κ2) is 6.22. The standard InChI is InChI=1S/C19H19NO5/c1-10(8-15(22)20(2)25)13-7-6-12-9-11-4-3-5-14(21)16(11)19(24)17(12)18(13)23/h3-7,10,21,23,25H,8-9H2,1-2H3. The van der Waals surface area contributed by atoms with Gasteiger partial charge in [-0.25, -0.2) is 5.06 Å². The number of nitrogens with zero attached hydrogens (tertiary/aromatic N) is 1. The van der Waals surface area contributed by atoms with E-state index >= 15 is 0 Å². The molecule has 1 aliphatic rings. The lowest BCUT2D eigenvalue weighted by Crippen LogP contribution is -2.24. The molecule has 1 atom stereocenters. The topological polar surface area (TPSA) is 98.1 Å². The quantitative estimate of drug-likeness (QED) is 0.502. The summed E-state index contributed by atoms with van der Waals surface area (Å²) in [6.07, 6.45) is 0.431. The van der Waals surface area contributed by atoms with Crippen molar-refractivity contribution in [3.63, 3.8) is 0 Å². The first kappa shape index (κ1) is 17.0. The number of carbonyl (C=O) groups excluding carboxylic acids is 2. The fraction of sp³-hybridized carbons (Fsp3) is 0.263. The third kappa shape index (κ3) is 2.85. The molecule has 6 heteroatoms. The summed E-state index contributed by atoms with van der Waals surface area (Å²) >= 11 is 0. The maximum absolute atomic E-state index is 12.8. The van der Waals surface area contributed by atoms with E-state index in [9.17, 15) is 25.0 Å². The van der Waals surface area contributed by atoms with Gasteiger partial charge in [0.1, 0.15) is 11.5 Å². The van der Waals surface area contributed by atoms with Crippen molar-refractivity contribution in [3.8, 4) is 11.5 Å². The molecule has 0 heterocycles. The summed E-state index contributed by atoms with van der Waals surface area (Å²) < 4.78 is 0. The molecule has 2 aromatic carbocycles. The van der Waals surface area contributed by atoms with Crippen LogP contribution in [0.4, 0.5) is 0 Å². The molecule has 1 amide bonds. The molecule has 0 bridgehead atoms. The number of rotatable bonds is 3. The largest absolute Gasteiger partial charge is 0.507 e. The highest BCUT2D eigenvalue weighted by molar-refractivity contribution is 6.15. The summed E-state index contributed by atoms with van der Waals surface area (Å²) in [5.41, 5.74) is 2.24. The monoisotopic (exact) mass is 341 g/mol. The summed E-state index contributed by atoms with van der Waals surface area (Å²) in [5.74, 6) is -1.57. The highest BCUT2D eigenvalue weighted by atomic mass is 16.5. The SMILES string of the molecule is CC(CC(=O)N(C)O)c1ccc2c(c1O)C(=O)c1c(O)cccc1C2. The Morgan fingerprint density at radius 1 is 1.16 bits per heavy atom. The van der Waals surface area contributed by atoms with Crippen LogP contribution in [0.2, 0.25) is 0 Å². The Kier molecular flexibility index (Phi) is 4.22. The number of hydrogen-bond donors (Lipinski definition) is 3. The van der Waals surface area contributed by atoms with Crippen LogP contribution in [-0.2, 0) is 11.2 Å². The van der Waals surface area contributed by atoms with Crippen LogP contribution in [-0.4, -0.2) is 39.2 Å². The van der Waals surface area contributed by atoms with Crippen molar-refractivity contribution in [1.29, 1.82) is 0 Å².